The molecular weight excluding hydrogens is 382 g/mol. The Morgan fingerprint density at radius 2 is 1.89 bits per heavy atom. The summed E-state index contributed by atoms with van der Waals surface area (Å²) in [5.41, 5.74) is 3.28. The average molecular weight is 404 g/mol. The van der Waals surface area contributed by atoms with E-state index in [1.807, 2.05) is 13.8 Å². The second kappa shape index (κ2) is 10.9. The topological polar surface area (TPSA) is 89.0 Å². The first-order valence-corrected chi connectivity index (χ1v) is 9.20. The van der Waals surface area contributed by atoms with Crippen LogP contribution in [0.2, 0.25) is 5.02 Å². The molecule has 2 amide bonds. The van der Waals surface area contributed by atoms with Gasteiger partial charge in [0.2, 0.25) is 0 Å². The van der Waals surface area contributed by atoms with E-state index in [-0.39, 0.29) is 0 Å². The molecule has 2 aromatic rings. The van der Waals surface area contributed by atoms with Crippen LogP contribution >= 0.6 is 11.6 Å². The molecule has 8 heteroatoms. The third-order valence-corrected chi connectivity index (χ3v) is 3.63. The lowest BCUT2D eigenvalue weighted by Gasteiger charge is -2.11. The van der Waals surface area contributed by atoms with E-state index < -0.39 is 11.8 Å². The van der Waals surface area contributed by atoms with E-state index in [0.717, 1.165) is 6.42 Å². The summed E-state index contributed by atoms with van der Waals surface area (Å²) in [5.74, 6) is -0.516. The Hall–Kier alpha value is -3.06. The summed E-state index contributed by atoms with van der Waals surface area (Å²) in [7, 11) is 0. The van der Waals surface area contributed by atoms with Crippen molar-refractivity contribution in [1.29, 1.82) is 0 Å². The number of carbonyl (C=O) groups excluding carboxylic acids is 2. The zero-order chi connectivity index (χ0) is 20.4. The van der Waals surface area contributed by atoms with E-state index in [9.17, 15) is 9.59 Å². The minimum Gasteiger partial charge on any atom is -0.490 e. The third kappa shape index (κ3) is 6.59. The predicted molar refractivity (Wildman–Crippen MR) is 109 cm³/mol. The lowest BCUT2D eigenvalue weighted by atomic mass is 10.2. The van der Waals surface area contributed by atoms with E-state index in [1.165, 1.54) is 12.3 Å². The monoisotopic (exact) mass is 403 g/mol. The van der Waals surface area contributed by atoms with Crippen molar-refractivity contribution in [2.45, 2.75) is 20.3 Å². The first-order chi connectivity index (χ1) is 13.5. The summed E-state index contributed by atoms with van der Waals surface area (Å²) in [6, 6.07) is 11.8. The van der Waals surface area contributed by atoms with Crippen molar-refractivity contribution in [3.05, 3.63) is 53.1 Å². The van der Waals surface area contributed by atoms with E-state index in [4.69, 9.17) is 21.1 Å². The van der Waals surface area contributed by atoms with Crippen LogP contribution in [0.25, 0.3) is 0 Å². The first kappa shape index (κ1) is 21.2. The standard InChI is InChI=1S/C20H22ClN3O4/c1-3-10-28-17-9-8-14(11-18(17)27-4-2)13-22-24-20(26)19(25)23-16-7-5-6-15(21)12-16/h5-9,11-13H,3-4,10H2,1-2H3,(H,23,25)(H,24,26)/b22-13+. The lowest BCUT2D eigenvalue weighted by Crippen LogP contribution is -2.32. The van der Waals surface area contributed by atoms with Crippen LogP contribution in [0.5, 0.6) is 11.5 Å². The van der Waals surface area contributed by atoms with Gasteiger partial charge in [0.1, 0.15) is 0 Å². The molecule has 0 heterocycles. The summed E-state index contributed by atoms with van der Waals surface area (Å²) >= 11 is 5.84. The van der Waals surface area contributed by atoms with Gasteiger partial charge in [-0.05, 0) is 55.3 Å². The second-order valence-electron chi connectivity index (χ2n) is 5.65. The molecule has 0 fully saturated rings. The van der Waals surface area contributed by atoms with Gasteiger partial charge in [-0.2, -0.15) is 5.10 Å². The van der Waals surface area contributed by atoms with Gasteiger partial charge in [-0.3, -0.25) is 9.59 Å². The van der Waals surface area contributed by atoms with E-state index in [2.05, 4.69) is 15.8 Å². The predicted octanol–water partition coefficient (Wildman–Crippen LogP) is 3.62. The van der Waals surface area contributed by atoms with E-state index in [0.29, 0.717) is 41.0 Å². The molecule has 0 spiro atoms. The molecule has 148 valence electrons. The summed E-state index contributed by atoms with van der Waals surface area (Å²) < 4.78 is 11.2. The highest BCUT2D eigenvalue weighted by atomic mass is 35.5. The number of hydrazone groups is 1. The molecule has 2 rings (SSSR count). The van der Waals surface area contributed by atoms with E-state index >= 15 is 0 Å². The summed E-state index contributed by atoms with van der Waals surface area (Å²) in [4.78, 5) is 23.7. The van der Waals surface area contributed by atoms with Crippen LogP contribution in [-0.4, -0.2) is 31.2 Å². The first-order valence-electron chi connectivity index (χ1n) is 8.83. The molecule has 2 N–H and O–H groups in total. The number of anilines is 1. The van der Waals surface area contributed by atoms with Crippen LogP contribution < -0.4 is 20.2 Å². The van der Waals surface area contributed by atoms with Crippen LogP contribution in [0.3, 0.4) is 0 Å². The summed E-state index contributed by atoms with van der Waals surface area (Å²) in [5, 5.41) is 6.70. The molecular formula is C20H22ClN3O4. The number of ether oxygens (including phenoxy) is 2. The van der Waals surface area contributed by atoms with Gasteiger partial charge < -0.3 is 14.8 Å². The maximum absolute atomic E-state index is 11.9. The van der Waals surface area contributed by atoms with Crippen molar-refractivity contribution in [3.63, 3.8) is 0 Å². The number of nitrogens with one attached hydrogen (secondary N) is 2. The van der Waals surface area contributed by atoms with Crippen LogP contribution in [0, 0.1) is 0 Å². The highest BCUT2D eigenvalue weighted by molar-refractivity contribution is 6.39. The van der Waals surface area contributed by atoms with Crippen LogP contribution in [0.15, 0.2) is 47.6 Å². The molecule has 0 saturated carbocycles. The van der Waals surface area contributed by atoms with Crippen LogP contribution in [0.4, 0.5) is 5.69 Å². The largest absolute Gasteiger partial charge is 0.490 e. The minimum absolute atomic E-state index is 0.417. The summed E-state index contributed by atoms with van der Waals surface area (Å²) in [6.45, 7) is 4.98. The Morgan fingerprint density at radius 3 is 2.61 bits per heavy atom. The van der Waals surface area contributed by atoms with Gasteiger partial charge >= 0.3 is 11.8 Å². The number of hydrogen-bond donors (Lipinski definition) is 2. The number of amides is 2. The zero-order valence-electron chi connectivity index (χ0n) is 15.7. The number of halogens is 1. The highest BCUT2D eigenvalue weighted by Crippen LogP contribution is 2.28. The van der Waals surface area contributed by atoms with E-state index in [1.54, 1.807) is 36.4 Å². The number of benzene rings is 2. The second-order valence-corrected chi connectivity index (χ2v) is 6.09. The number of hydrogen-bond acceptors (Lipinski definition) is 5. The van der Waals surface area contributed by atoms with Gasteiger partial charge in [-0.25, -0.2) is 5.43 Å². The van der Waals surface area contributed by atoms with Crippen molar-refractivity contribution in [2.24, 2.45) is 5.10 Å². The molecule has 0 bridgehead atoms. The Balaban J connectivity index is 1.96. The van der Waals surface area contributed by atoms with Gasteiger partial charge in [-0.15, -0.1) is 0 Å². The fourth-order valence-corrected chi connectivity index (χ4v) is 2.37. The zero-order valence-corrected chi connectivity index (χ0v) is 16.5. The fourth-order valence-electron chi connectivity index (χ4n) is 2.17. The quantitative estimate of drug-likeness (QED) is 0.400. The Labute approximate surface area is 168 Å². The Bertz CT molecular complexity index is 855. The normalized spacial score (nSPS) is 10.5. The van der Waals surface area contributed by atoms with Crippen molar-refractivity contribution < 1.29 is 19.1 Å². The molecule has 0 saturated heterocycles. The summed E-state index contributed by atoms with van der Waals surface area (Å²) in [6.07, 6.45) is 2.30. The van der Waals surface area contributed by atoms with Crippen molar-refractivity contribution in [1.82, 2.24) is 5.43 Å². The van der Waals surface area contributed by atoms with Crippen molar-refractivity contribution in [3.8, 4) is 11.5 Å². The smallest absolute Gasteiger partial charge is 0.329 e. The van der Waals surface area contributed by atoms with Crippen LogP contribution in [-0.2, 0) is 9.59 Å². The van der Waals surface area contributed by atoms with Gasteiger partial charge in [0.05, 0.1) is 19.4 Å². The molecule has 0 aromatic heterocycles. The molecule has 0 aliphatic heterocycles. The lowest BCUT2D eigenvalue weighted by molar-refractivity contribution is -0.136. The molecule has 0 aliphatic rings. The van der Waals surface area contributed by atoms with Crippen LogP contribution in [0.1, 0.15) is 25.8 Å². The van der Waals surface area contributed by atoms with Gasteiger partial charge in [0.25, 0.3) is 0 Å². The maximum atomic E-state index is 11.9. The molecule has 28 heavy (non-hydrogen) atoms. The molecule has 0 aliphatic carbocycles. The number of rotatable bonds is 8. The Kier molecular flexibility index (Phi) is 8.30. The van der Waals surface area contributed by atoms with Gasteiger partial charge in [0.15, 0.2) is 11.5 Å². The molecule has 0 unspecified atom stereocenters. The third-order valence-electron chi connectivity index (χ3n) is 3.40. The number of nitrogens with zero attached hydrogens (tertiary/aromatic N) is 1. The van der Waals surface area contributed by atoms with Gasteiger partial charge in [0, 0.05) is 10.7 Å². The average Bonchev–Trinajstić information content (AvgIpc) is 2.67. The van der Waals surface area contributed by atoms with Gasteiger partial charge in [-0.1, -0.05) is 24.6 Å². The maximum Gasteiger partial charge on any atom is 0.329 e. The highest BCUT2D eigenvalue weighted by Gasteiger charge is 2.13. The van der Waals surface area contributed by atoms with Crippen molar-refractivity contribution in [2.75, 3.05) is 18.5 Å². The molecule has 0 atom stereocenters. The van der Waals surface area contributed by atoms with Crippen molar-refractivity contribution >= 4 is 35.3 Å². The Morgan fingerprint density at radius 1 is 1.07 bits per heavy atom. The molecule has 0 radical (unpaired) electrons. The molecule has 2 aromatic carbocycles. The fraction of sp³-hybridized carbons (Fsp3) is 0.250. The number of carbonyl (C=O) groups is 2. The minimum atomic E-state index is -0.899. The molecule has 7 nitrogen and oxygen atoms in total. The SMILES string of the molecule is CCCOc1ccc(/C=N/NC(=O)C(=O)Nc2cccc(Cl)c2)cc1OCC.